The van der Waals surface area contributed by atoms with Gasteiger partial charge in [0.15, 0.2) is 28.3 Å². The van der Waals surface area contributed by atoms with Crippen LogP contribution in [0.25, 0.3) is 17.1 Å². The van der Waals surface area contributed by atoms with E-state index in [1.807, 2.05) is 31.2 Å². The van der Waals surface area contributed by atoms with Gasteiger partial charge in [0.2, 0.25) is 6.79 Å². The van der Waals surface area contributed by atoms with Crippen molar-refractivity contribution in [2.24, 2.45) is 0 Å². The summed E-state index contributed by atoms with van der Waals surface area (Å²) in [6.07, 6.45) is 0. The Morgan fingerprint density at radius 1 is 1.03 bits per heavy atom. The van der Waals surface area contributed by atoms with E-state index in [9.17, 15) is 9.18 Å². The van der Waals surface area contributed by atoms with Crippen molar-refractivity contribution in [2.75, 3.05) is 12.5 Å². The number of hydrogen-bond acceptors (Lipinski definition) is 6. The lowest BCUT2D eigenvalue weighted by molar-refractivity contribution is 0.102. The fourth-order valence-corrected chi connectivity index (χ4v) is 4.24. The zero-order chi connectivity index (χ0) is 22.1. The van der Waals surface area contributed by atoms with Gasteiger partial charge in [0.1, 0.15) is 5.82 Å². The van der Waals surface area contributed by atoms with Crippen LogP contribution >= 0.6 is 11.8 Å². The molecule has 1 aromatic heterocycles. The number of fused-ring (bicyclic) bond motifs is 1. The average Bonchev–Trinajstić information content (AvgIpc) is 3.45. The molecule has 4 aromatic rings. The van der Waals surface area contributed by atoms with E-state index in [2.05, 4.69) is 10.2 Å². The molecule has 0 bridgehead atoms. The van der Waals surface area contributed by atoms with Gasteiger partial charge < -0.3 is 9.47 Å². The Morgan fingerprint density at radius 3 is 2.62 bits per heavy atom. The lowest BCUT2D eigenvalue weighted by atomic mass is 10.1. The zero-order valence-corrected chi connectivity index (χ0v) is 17.9. The standard InChI is InChI=1S/C24H18FN3O3S/c1-15-6-9-17(10-7-15)28-23(18-4-2-3-5-19(18)25)26-27-24(28)32-13-20(29)16-8-11-21-22(12-16)31-14-30-21/h2-12H,13-14H2,1H3. The summed E-state index contributed by atoms with van der Waals surface area (Å²) in [5.41, 5.74) is 2.75. The molecule has 0 N–H and O–H groups in total. The van der Waals surface area contributed by atoms with Crippen LogP contribution in [0.1, 0.15) is 15.9 Å². The van der Waals surface area contributed by atoms with Crippen molar-refractivity contribution in [3.8, 4) is 28.6 Å². The number of ketones is 1. The van der Waals surface area contributed by atoms with Crippen LogP contribution in [0.3, 0.4) is 0 Å². The number of Topliss-reactive ketones (excluding diaryl/α,β-unsaturated/α-hetero) is 1. The largest absolute Gasteiger partial charge is 0.454 e. The van der Waals surface area contributed by atoms with E-state index in [4.69, 9.17) is 9.47 Å². The number of aryl methyl sites for hydroxylation is 1. The van der Waals surface area contributed by atoms with Crippen molar-refractivity contribution in [1.29, 1.82) is 0 Å². The van der Waals surface area contributed by atoms with Crippen LogP contribution in [0.4, 0.5) is 4.39 Å². The molecule has 0 amide bonds. The molecule has 2 heterocycles. The lowest BCUT2D eigenvalue weighted by Gasteiger charge is -2.11. The van der Waals surface area contributed by atoms with Crippen LogP contribution in [-0.4, -0.2) is 33.1 Å². The quantitative estimate of drug-likeness (QED) is 0.303. The number of rotatable bonds is 6. The van der Waals surface area contributed by atoms with E-state index >= 15 is 0 Å². The molecule has 1 aliphatic heterocycles. The summed E-state index contributed by atoms with van der Waals surface area (Å²) in [7, 11) is 0. The monoisotopic (exact) mass is 447 g/mol. The van der Waals surface area contributed by atoms with E-state index in [-0.39, 0.29) is 24.1 Å². The fourth-order valence-electron chi connectivity index (χ4n) is 3.39. The Kier molecular flexibility index (Phi) is 5.36. The highest BCUT2D eigenvalue weighted by molar-refractivity contribution is 7.99. The second kappa shape index (κ2) is 8.47. The first-order valence-electron chi connectivity index (χ1n) is 9.93. The SMILES string of the molecule is Cc1ccc(-n2c(SCC(=O)c3ccc4c(c3)OCO4)nnc2-c2ccccc2F)cc1. The summed E-state index contributed by atoms with van der Waals surface area (Å²) in [5.74, 6) is 1.24. The van der Waals surface area contributed by atoms with Gasteiger partial charge in [-0.1, -0.05) is 41.6 Å². The van der Waals surface area contributed by atoms with Gasteiger partial charge in [0, 0.05) is 11.3 Å². The molecule has 0 radical (unpaired) electrons. The van der Waals surface area contributed by atoms with Crippen molar-refractivity contribution in [3.63, 3.8) is 0 Å². The number of carbonyl (C=O) groups is 1. The van der Waals surface area contributed by atoms with Crippen LogP contribution < -0.4 is 9.47 Å². The average molecular weight is 447 g/mol. The predicted molar refractivity (Wildman–Crippen MR) is 119 cm³/mol. The first-order chi connectivity index (χ1) is 15.6. The molecule has 3 aromatic carbocycles. The van der Waals surface area contributed by atoms with E-state index in [0.29, 0.717) is 33.6 Å². The van der Waals surface area contributed by atoms with Gasteiger partial charge in [-0.05, 0) is 49.4 Å². The van der Waals surface area contributed by atoms with Crippen molar-refractivity contribution < 1.29 is 18.7 Å². The maximum atomic E-state index is 14.5. The minimum absolute atomic E-state index is 0.0841. The fraction of sp³-hybridized carbons (Fsp3) is 0.125. The van der Waals surface area contributed by atoms with Crippen molar-refractivity contribution in [3.05, 3.63) is 83.7 Å². The molecule has 0 saturated heterocycles. The summed E-state index contributed by atoms with van der Waals surface area (Å²) >= 11 is 1.25. The number of thioether (sulfide) groups is 1. The Labute approximate surface area is 188 Å². The molecule has 0 unspecified atom stereocenters. The molecular weight excluding hydrogens is 429 g/mol. The van der Waals surface area contributed by atoms with Crippen LogP contribution in [-0.2, 0) is 0 Å². The highest BCUT2D eigenvalue weighted by atomic mass is 32.2. The molecule has 0 spiro atoms. The van der Waals surface area contributed by atoms with Crippen LogP contribution in [0.2, 0.25) is 0 Å². The third-order valence-electron chi connectivity index (χ3n) is 5.07. The van der Waals surface area contributed by atoms with Crippen LogP contribution in [0.5, 0.6) is 11.5 Å². The predicted octanol–water partition coefficient (Wildman–Crippen LogP) is 5.09. The third kappa shape index (κ3) is 3.85. The molecule has 32 heavy (non-hydrogen) atoms. The molecule has 160 valence electrons. The Hall–Kier alpha value is -3.65. The van der Waals surface area contributed by atoms with Crippen LogP contribution in [0.15, 0.2) is 71.9 Å². The summed E-state index contributed by atoms with van der Waals surface area (Å²) in [4.78, 5) is 12.8. The highest BCUT2D eigenvalue weighted by Gasteiger charge is 2.21. The van der Waals surface area contributed by atoms with Gasteiger partial charge in [-0.25, -0.2) is 4.39 Å². The molecule has 0 atom stereocenters. The van der Waals surface area contributed by atoms with E-state index < -0.39 is 0 Å². The molecule has 8 heteroatoms. The first-order valence-corrected chi connectivity index (χ1v) is 10.9. The van der Waals surface area contributed by atoms with E-state index in [1.54, 1.807) is 41.0 Å². The highest BCUT2D eigenvalue weighted by Crippen LogP contribution is 2.34. The molecule has 0 saturated carbocycles. The van der Waals surface area contributed by atoms with Crippen molar-refractivity contribution in [2.45, 2.75) is 12.1 Å². The maximum Gasteiger partial charge on any atom is 0.231 e. The van der Waals surface area contributed by atoms with Gasteiger partial charge >= 0.3 is 0 Å². The number of benzene rings is 3. The molecular formula is C24H18FN3O3S. The lowest BCUT2D eigenvalue weighted by Crippen LogP contribution is -2.05. The first kappa shape index (κ1) is 20.3. The van der Waals surface area contributed by atoms with E-state index in [1.165, 1.54) is 17.8 Å². The Balaban J connectivity index is 1.46. The van der Waals surface area contributed by atoms with Gasteiger partial charge in [-0.15, -0.1) is 10.2 Å². The number of ether oxygens (including phenoxy) is 2. The minimum atomic E-state index is -0.388. The third-order valence-corrected chi connectivity index (χ3v) is 6.00. The van der Waals surface area contributed by atoms with Crippen molar-refractivity contribution in [1.82, 2.24) is 14.8 Å². The Morgan fingerprint density at radius 2 is 1.81 bits per heavy atom. The number of carbonyl (C=O) groups excluding carboxylic acids is 1. The van der Waals surface area contributed by atoms with Gasteiger partial charge in [0.25, 0.3) is 0 Å². The second-order valence-electron chi connectivity index (χ2n) is 7.24. The van der Waals surface area contributed by atoms with Gasteiger partial charge in [-0.3, -0.25) is 9.36 Å². The van der Waals surface area contributed by atoms with Gasteiger partial charge in [0.05, 0.1) is 11.3 Å². The molecule has 6 nitrogen and oxygen atoms in total. The Bertz CT molecular complexity index is 1300. The summed E-state index contributed by atoms with van der Waals surface area (Å²) in [5, 5.41) is 9.02. The summed E-state index contributed by atoms with van der Waals surface area (Å²) in [6.45, 7) is 2.15. The maximum absolute atomic E-state index is 14.5. The molecule has 1 aliphatic rings. The second-order valence-corrected chi connectivity index (χ2v) is 8.18. The topological polar surface area (TPSA) is 66.2 Å². The number of halogens is 1. The molecule has 0 fully saturated rings. The van der Waals surface area contributed by atoms with E-state index in [0.717, 1.165) is 11.3 Å². The summed E-state index contributed by atoms with van der Waals surface area (Å²) < 4.78 is 27.0. The smallest absolute Gasteiger partial charge is 0.231 e. The van der Waals surface area contributed by atoms with Crippen molar-refractivity contribution >= 4 is 17.5 Å². The molecule has 0 aliphatic carbocycles. The number of nitrogens with zero attached hydrogens (tertiary/aromatic N) is 3. The zero-order valence-electron chi connectivity index (χ0n) is 17.1. The van der Waals surface area contributed by atoms with Crippen LogP contribution in [0, 0.1) is 12.7 Å². The molecule has 5 rings (SSSR count). The minimum Gasteiger partial charge on any atom is -0.454 e. The summed E-state index contributed by atoms with van der Waals surface area (Å²) in [6, 6.07) is 19.3. The number of aromatic nitrogens is 3. The van der Waals surface area contributed by atoms with Gasteiger partial charge in [-0.2, -0.15) is 0 Å². The number of hydrogen-bond donors (Lipinski definition) is 0. The normalized spacial score (nSPS) is 12.2.